The third-order valence-electron chi connectivity index (χ3n) is 5.72. The zero-order valence-corrected chi connectivity index (χ0v) is 19.0. The van der Waals surface area contributed by atoms with Gasteiger partial charge in [0.2, 0.25) is 0 Å². The zero-order valence-electron chi connectivity index (χ0n) is 19.0. The Kier molecular flexibility index (Phi) is 6.98. The maximum atomic E-state index is 6.03. The van der Waals surface area contributed by atoms with E-state index < -0.39 is 0 Å². The molecule has 28 heavy (non-hydrogen) atoms. The summed E-state index contributed by atoms with van der Waals surface area (Å²) >= 11 is 0. The number of rotatable bonds is 8. The summed E-state index contributed by atoms with van der Waals surface area (Å²) in [4.78, 5) is 0. The van der Waals surface area contributed by atoms with E-state index in [1.54, 1.807) is 0 Å². The molecular formula is C26H36O2. The average molecular weight is 381 g/mol. The van der Waals surface area contributed by atoms with E-state index in [0.29, 0.717) is 13.2 Å². The fourth-order valence-corrected chi connectivity index (χ4v) is 3.57. The van der Waals surface area contributed by atoms with Crippen molar-refractivity contribution in [2.24, 2.45) is 0 Å². The number of hydrogen-bond donors (Lipinski definition) is 0. The molecule has 2 nitrogen and oxygen atoms in total. The fraction of sp³-hybridized carbons (Fsp3) is 0.462. The largest absolute Gasteiger partial charge is 0.490 e. The number of hydrogen-bond acceptors (Lipinski definition) is 2. The molecule has 0 amide bonds. The Hall–Kier alpha value is -2.22. The van der Waals surface area contributed by atoms with E-state index in [1.807, 2.05) is 6.92 Å². The summed E-state index contributed by atoms with van der Waals surface area (Å²) in [6, 6.07) is 8.68. The molecule has 0 aliphatic heterocycles. The molecule has 0 saturated carbocycles. The summed E-state index contributed by atoms with van der Waals surface area (Å²) in [5, 5.41) is 0. The van der Waals surface area contributed by atoms with Crippen LogP contribution in [0.1, 0.15) is 67.5 Å². The van der Waals surface area contributed by atoms with Gasteiger partial charge in [0.1, 0.15) is 24.7 Å². The third-order valence-corrected chi connectivity index (χ3v) is 5.72. The van der Waals surface area contributed by atoms with Crippen molar-refractivity contribution < 1.29 is 9.47 Å². The van der Waals surface area contributed by atoms with Crippen LogP contribution >= 0.6 is 0 Å². The van der Waals surface area contributed by atoms with Gasteiger partial charge in [-0.25, -0.2) is 0 Å². The normalized spacial score (nSPS) is 11.4. The Bertz CT molecular complexity index is 859. The van der Waals surface area contributed by atoms with Gasteiger partial charge in [-0.2, -0.15) is 0 Å². The maximum absolute atomic E-state index is 6.03. The van der Waals surface area contributed by atoms with Gasteiger partial charge in [-0.15, -0.1) is 0 Å². The summed E-state index contributed by atoms with van der Waals surface area (Å²) in [5.41, 5.74) is 8.65. The van der Waals surface area contributed by atoms with Crippen molar-refractivity contribution in [3.63, 3.8) is 0 Å². The highest BCUT2D eigenvalue weighted by molar-refractivity contribution is 5.66. The molecule has 0 aromatic heterocycles. The first-order chi connectivity index (χ1) is 13.1. The first-order valence-corrected chi connectivity index (χ1v) is 10.2. The minimum atomic E-state index is 0.182. The second kappa shape index (κ2) is 8.86. The van der Waals surface area contributed by atoms with Gasteiger partial charge in [0, 0.05) is 0 Å². The minimum absolute atomic E-state index is 0.182. The fourth-order valence-electron chi connectivity index (χ4n) is 3.57. The molecule has 0 N–H and O–H groups in total. The van der Waals surface area contributed by atoms with Crippen LogP contribution in [0.5, 0.6) is 11.5 Å². The molecule has 0 fully saturated rings. The van der Waals surface area contributed by atoms with Gasteiger partial charge >= 0.3 is 0 Å². The molecule has 0 atom stereocenters. The predicted octanol–water partition coefficient (Wildman–Crippen LogP) is 7.10. The molecule has 152 valence electrons. The lowest BCUT2D eigenvalue weighted by atomic mass is 9.79. The molecule has 0 saturated heterocycles. The zero-order chi connectivity index (χ0) is 21.1. The van der Waals surface area contributed by atoms with Crippen LogP contribution in [0.15, 0.2) is 30.8 Å². The Morgan fingerprint density at radius 1 is 0.821 bits per heavy atom. The van der Waals surface area contributed by atoms with Crippen LogP contribution in [0.4, 0.5) is 0 Å². The van der Waals surface area contributed by atoms with E-state index in [-0.39, 0.29) is 5.41 Å². The van der Waals surface area contributed by atoms with Gasteiger partial charge in [-0.1, -0.05) is 39.0 Å². The van der Waals surface area contributed by atoms with Gasteiger partial charge in [0.15, 0.2) is 0 Å². The minimum Gasteiger partial charge on any atom is -0.490 e. The Balaban J connectivity index is 2.02. The van der Waals surface area contributed by atoms with Crippen molar-refractivity contribution >= 4 is 5.57 Å². The van der Waals surface area contributed by atoms with Crippen LogP contribution in [0.2, 0.25) is 0 Å². The smallest absolute Gasteiger partial charge is 0.122 e. The van der Waals surface area contributed by atoms with E-state index >= 15 is 0 Å². The average Bonchev–Trinajstić information content (AvgIpc) is 2.63. The Labute approximate surface area is 171 Å². The van der Waals surface area contributed by atoms with Crippen molar-refractivity contribution in [2.45, 2.75) is 67.2 Å². The van der Waals surface area contributed by atoms with Crippen molar-refractivity contribution in [3.05, 3.63) is 64.2 Å². The molecule has 0 unspecified atom stereocenters. The van der Waals surface area contributed by atoms with Crippen molar-refractivity contribution in [2.75, 3.05) is 13.2 Å². The molecule has 0 heterocycles. The molecule has 0 aliphatic carbocycles. The van der Waals surface area contributed by atoms with Crippen LogP contribution in [-0.2, 0) is 5.41 Å². The molecular weight excluding hydrogens is 344 g/mol. The molecule has 2 rings (SSSR count). The van der Waals surface area contributed by atoms with Crippen LogP contribution in [0.3, 0.4) is 0 Å². The lowest BCUT2D eigenvalue weighted by Gasteiger charge is -2.27. The highest BCUT2D eigenvalue weighted by Crippen LogP contribution is 2.33. The van der Waals surface area contributed by atoms with Crippen molar-refractivity contribution in [1.82, 2.24) is 0 Å². The molecule has 0 aliphatic rings. The van der Waals surface area contributed by atoms with E-state index in [4.69, 9.17) is 9.47 Å². The van der Waals surface area contributed by atoms with Crippen LogP contribution in [-0.4, -0.2) is 13.2 Å². The molecule has 0 radical (unpaired) electrons. The highest BCUT2D eigenvalue weighted by Gasteiger charge is 2.21. The summed E-state index contributed by atoms with van der Waals surface area (Å²) in [5.74, 6) is 1.86. The van der Waals surface area contributed by atoms with Gasteiger partial charge < -0.3 is 9.47 Å². The number of benzene rings is 2. The van der Waals surface area contributed by atoms with Crippen LogP contribution in [0.25, 0.3) is 5.57 Å². The maximum Gasteiger partial charge on any atom is 0.122 e. The number of aryl methyl sites for hydroxylation is 4. The summed E-state index contributed by atoms with van der Waals surface area (Å²) in [7, 11) is 0. The predicted molar refractivity (Wildman–Crippen MR) is 121 cm³/mol. The topological polar surface area (TPSA) is 18.5 Å². The Morgan fingerprint density at radius 2 is 1.32 bits per heavy atom. The van der Waals surface area contributed by atoms with Crippen LogP contribution < -0.4 is 9.47 Å². The quantitative estimate of drug-likeness (QED) is 0.455. The van der Waals surface area contributed by atoms with Crippen molar-refractivity contribution in [1.29, 1.82) is 0 Å². The number of allylic oxidation sites excluding steroid dienone is 1. The summed E-state index contributed by atoms with van der Waals surface area (Å²) < 4.78 is 12.0. The van der Waals surface area contributed by atoms with Crippen molar-refractivity contribution in [3.8, 4) is 11.5 Å². The second-order valence-electron chi connectivity index (χ2n) is 8.58. The lowest BCUT2D eigenvalue weighted by molar-refractivity contribution is 0.215. The third kappa shape index (κ3) is 4.98. The first kappa shape index (κ1) is 22.1. The van der Waals surface area contributed by atoms with E-state index in [1.165, 1.54) is 27.8 Å². The van der Waals surface area contributed by atoms with Gasteiger partial charge in [0.25, 0.3) is 0 Å². The molecule has 0 spiro atoms. The van der Waals surface area contributed by atoms with Gasteiger partial charge in [-0.05, 0) is 98.0 Å². The van der Waals surface area contributed by atoms with E-state index in [0.717, 1.165) is 29.1 Å². The summed E-state index contributed by atoms with van der Waals surface area (Å²) in [6.07, 6.45) is 1.12. The second-order valence-corrected chi connectivity index (χ2v) is 8.58. The molecule has 2 aromatic carbocycles. The van der Waals surface area contributed by atoms with Crippen LogP contribution in [0, 0.1) is 27.7 Å². The Morgan fingerprint density at radius 3 is 1.82 bits per heavy atom. The standard InChI is InChI=1S/C26H36O2/c1-10-26(8,9)23-14-21(7)25(16-19(23)5)28-12-11-27-24-15-18(4)22(17(2)3)13-20(24)6/h13-16H,2,10-12H2,1,3-9H3. The van der Waals surface area contributed by atoms with E-state index in [9.17, 15) is 0 Å². The first-order valence-electron chi connectivity index (χ1n) is 10.2. The highest BCUT2D eigenvalue weighted by atomic mass is 16.5. The lowest BCUT2D eigenvalue weighted by Crippen LogP contribution is -2.18. The number of ether oxygens (including phenoxy) is 2. The molecule has 2 aromatic rings. The van der Waals surface area contributed by atoms with Gasteiger partial charge in [-0.3, -0.25) is 0 Å². The molecule has 0 bridgehead atoms. The van der Waals surface area contributed by atoms with E-state index in [2.05, 4.69) is 79.3 Å². The monoisotopic (exact) mass is 380 g/mol. The molecule has 2 heteroatoms. The van der Waals surface area contributed by atoms with Gasteiger partial charge in [0.05, 0.1) is 0 Å². The summed E-state index contributed by atoms with van der Waals surface area (Å²) in [6.45, 7) is 22.4. The SMILES string of the molecule is C=C(C)c1cc(C)c(OCCOc2cc(C)c(C(C)(C)CC)cc2C)cc1C.